The predicted molar refractivity (Wildman–Crippen MR) is 56.6 cm³/mol. The van der Waals surface area contributed by atoms with Crippen LogP contribution in [-0.2, 0) is 9.53 Å². The smallest absolute Gasteiger partial charge is 0.344 e. The van der Waals surface area contributed by atoms with E-state index in [1.807, 2.05) is 32.9 Å². The minimum atomic E-state index is -0.471. The van der Waals surface area contributed by atoms with E-state index in [4.69, 9.17) is 9.47 Å². The molecule has 0 atom stereocenters. The molecule has 0 N–H and O–H groups in total. The van der Waals surface area contributed by atoms with E-state index in [2.05, 4.69) is 6.07 Å². The highest BCUT2D eigenvalue weighted by Gasteiger charge is 2.16. The van der Waals surface area contributed by atoms with Crippen molar-refractivity contribution in [3.8, 4) is 5.75 Å². The van der Waals surface area contributed by atoms with Crippen LogP contribution in [0.2, 0.25) is 0 Å². The number of hydrogen-bond acceptors (Lipinski definition) is 3. The van der Waals surface area contributed by atoms with Gasteiger partial charge in [-0.25, -0.2) is 4.79 Å². The molecule has 0 bridgehead atoms. The minimum absolute atomic E-state index is 0.0855. The molecule has 1 radical (unpaired) electrons. The molecule has 3 heteroatoms. The van der Waals surface area contributed by atoms with Crippen LogP contribution in [-0.4, -0.2) is 18.2 Å². The zero-order chi connectivity index (χ0) is 11.3. The Bertz CT molecular complexity index is 311. The van der Waals surface area contributed by atoms with Gasteiger partial charge in [0.15, 0.2) is 6.61 Å². The lowest BCUT2D eigenvalue weighted by Crippen LogP contribution is -2.27. The number of benzene rings is 1. The summed E-state index contributed by atoms with van der Waals surface area (Å²) in [6.45, 7) is 5.37. The summed E-state index contributed by atoms with van der Waals surface area (Å²) in [5, 5.41) is 0. The summed E-state index contributed by atoms with van der Waals surface area (Å²) in [5.41, 5.74) is -0.471. The summed E-state index contributed by atoms with van der Waals surface area (Å²) >= 11 is 0. The van der Waals surface area contributed by atoms with Gasteiger partial charge < -0.3 is 9.47 Å². The molecule has 0 heterocycles. The van der Waals surface area contributed by atoms with Gasteiger partial charge in [-0.1, -0.05) is 18.2 Å². The normalized spacial score (nSPS) is 10.9. The molecule has 81 valence electrons. The van der Waals surface area contributed by atoms with Crippen molar-refractivity contribution in [3.05, 3.63) is 30.3 Å². The first-order valence-electron chi connectivity index (χ1n) is 4.79. The van der Waals surface area contributed by atoms with Crippen LogP contribution in [0, 0.1) is 6.07 Å². The Labute approximate surface area is 90.0 Å². The Kier molecular flexibility index (Phi) is 3.72. The molecule has 0 amide bonds. The Morgan fingerprint density at radius 3 is 2.67 bits per heavy atom. The van der Waals surface area contributed by atoms with E-state index in [0.29, 0.717) is 5.75 Å². The first-order chi connectivity index (χ1) is 6.97. The maximum Gasteiger partial charge on any atom is 0.344 e. The molecule has 0 saturated heterocycles. The lowest BCUT2D eigenvalue weighted by molar-refractivity contribution is -0.157. The maximum atomic E-state index is 11.3. The molecule has 15 heavy (non-hydrogen) atoms. The molecule has 1 rings (SSSR count). The van der Waals surface area contributed by atoms with Crippen molar-refractivity contribution in [1.29, 1.82) is 0 Å². The van der Waals surface area contributed by atoms with Crippen molar-refractivity contribution in [2.75, 3.05) is 6.61 Å². The number of ether oxygens (including phenoxy) is 2. The van der Waals surface area contributed by atoms with Crippen LogP contribution in [0.5, 0.6) is 5.75 Å². The Balaban J connectivity index is 2.35. The Hall–Kier alpha value is -1.51. The van der Waals surface area contributed by atoms with Crippen molar-refractivity contribution >= 4 is 5.97 Å². The van der Waals surface area contributed by atoms with E-state index in [0.717, 1.165) is 0 Å². The topological polar surface area (TPSA) is 35.5 Å². The SMILES string of the molecule is CC(C)(C)OC(=O)COc1[c]cccc1. The van der Waals surface area contributed by atoms with Gasteiger partial charge in [0, 0.05) is 6.07 Å². The van der Waals surface area contributed by atoms with E-state index in [-0.39, 0.29) is 12.6 Å². The number of hydrogen-bond donors (Lipinski definition) is 0. The predicted octanol–water partition coefficient (Wildman–Crippen LogP) is 2.21. The van der Waals surface area contributed by atoms with Crippen molar-refractivity contribution in [1.82, 2.24) is 0 Å². The van der Waals surface area contributed by atoms with Gasteiger partial charge in [-0.2, -0.15) is 0 Å². The van der Waals surface area contributed by atoms with Crippen LogP contribution in [0.3, 0.4) is 0 Å². The van der Waals surface area contributed by atoms with Crippen LogP contribution >= 0.6 is 0 Å². The standard InChI is InChI=1S/C12H15O3/c1-12(2,3)15-11(13)9-14-10-7-5-4-6-8-10/h4-7H,9H2,1-3H3. The van der Waals surface area contributed by atoms with Crippen LogP contribution in [0.25, 0.3) is 0 Å². The van der Waals surface area contributed by atoms with Gasteiger partial charge in [-0.15, -0.1) is 0 Å². The molecule has 1 aromatic carbocycles. The molecule has 0 aliphatic heterocycles. The third kappa shape index (κ3) is 5.05. The number of esters is 1. The highest BCUT2D eigenvalue weighted by molar-refractivity contribution is 5.71. The summed E-state index contributed by atoms with van der Waals surface area (Å²) in [4.78, 5) is 11.3. The summed E-state index contributed by atoms with van der Waals surface area (Å²) in [7, 11) is 0. The summed E-state index contributed by atoms with van der Waals surface area (Å²) in [6.07, 6.45) is 0. The van der Waals surface area contributed by atoms with Crippen LogP contribution in [0.4, 0.5) is 0 Å². The Morgan fingerprint density at radius 1 is 1.40 bits per heavy atom. The zero-order valence-corrected chi connectivity index (χ0v) is 9.24. The van der Waals surface area contributed by atoms with Crippen molar-refractivity contribution in [2.24, 2.45) is 0 Å². The third-order valence-electron chi connectivity index (χ3n) is 1.45. The van der Waals surface area contributed by atoms with Crippen LogP contribution < -0.4 is 4.74 Å². The molecule has 0 fully saturated rings. The first kappa shape index (κ1) is 11.6. The maximum absolute atomic E-state index is 11.3. The van der Waals surface area contributed by atoms with Gasteiger partial charge in [0.25, 0.3) is 0 Å². The van der Waals surface area contributed by atoms with E-state index < -0.39 is 5.60 Å². The second kappa shape index (κ2) is 4.82. The molecule has 3 nitrogen and oxygen atoms in total. The van der Waals surface area contributed by atoms with Crippen LogP contribution in [0.1, 0.15) is 20.8 Å². The molecular formula is C12H15O3. The van der Waals surface area contributed by atoms with Crippen molar-refractivity contribution < 1.29 is 14.3 Å². The molecule has 1 aromatic rings. The van der Waals surface area contributed by atoms with Gasteiger partial charge in [-0.3, -0.25) is 0 Å². The highest BCUT2D eigenvalue weighted by Crippen LogP contribution is 2.09. The molecule has 0 aliphatic rings. The van der Waals surface area contributed by atoms with Gasteiger partial charge in [0.1, 0.15) is 11.4 Å². The van der Waals surface area contributed by atoms with Gasteiger partial charge in [0.2, 0.25) is 0 Å². The largest absolute Gasteiger partial charge is 0.481 e. The minimum Gasteiger partial charge on any atom is -0.481 e. The second-order valence-corrected chi connectivity index (χ2v) is 4.10. The van der Waals surface area contributed by atoms with Gasteiger partial charge in [0.05, 0.1) is 0 Å². The van der Waals surface area contributed by atoms with E-state index in [1.165, 1.54) is 0 Å². The molecular weight excluding hydrogens is 192 g/mol. The number of carbonyl (C=O) groups excluding carboxylic acids is 1. The van der Waals surface area contributed by atoms with Gasteiger partial charge in [-0.05, 0) is 26.8 Å². The fourth-order valence-corrected chi connectivity index (χ4v) is 0.974. The van der Waals surface area contributed by atoms with Gasteiger partial charge >= 0.3 is 5.97 Å². The monoisotopic (exact) mass is 207 g/mol. The summed E-state index contributed by atoms with van der Waals surface area (Å²) in [5.74, 6) is 0.170. The number of rotatable bonds is 3. The molecule has 0 aromatic heterocycles. The summed E-state index contributed by atoms with van der Waals surface area (Å²) in [6, 6.07) is 9.98. The average Bonchev–Trinajstić information content (AvgIpc) is 2.14. The second-order valence-electron chi connectivity index (χ2n) is 4.10. The highest BCUT2D eigenvalue weighted by atomic mass is 16.6. The lowest BCUT2D eigenvalue weighted by Gasteiger charge is -2.19. The third-order valence-corrected chi connectivity index (χ3v) is 1.45. The summed E-state index contributed by atoms with van der Waals surface area (Å²) < 4.78 is 10.3. The fraction of sp³-hybridized carbons (Fsp3) is 0.417. The quantitative estimate of drug-likeness (QED) is 0.713. The van der Waals surface area contributed by atoms with Crippen molar-refractivity contribution in [2.45, 2.75) is 26.4 Å². The molecule has 0 spiro atoms. The lowest BCUT2D eigenvalue weighted by atomic mass is 10.2. The van der Waals surface area contributed by atoms with E-state index in [1.54, 1.807) is 12.1 Å². The van der Waals surface area contributed by atoms with E-state index in [9.17, 15) is 4.79 Å². The molecule has 0 unspecified atom stereocenters. The first-order valence-corrected chi connectivity index (χ1v) is 4.79. The fourth-order valence-electron chi connectivity index (χ4n) is 0.974. The molecule has 0 aliphatic carbocycles. The number of carbonyl (C=O) groups is 1. The van der Waals surface area contributed by atoms with Crippen LogP contribution in [0.15, 0.2) is 24.3 Å². The number of para-hydroxylation sites is 1. The van der Waals surface area contributed by atoms with Crippen molar-refractivity contribution in [3.63, 3.8) is 0 Å². The zero-order valence-electron chi connectivity index (χ0n) is 9.24. The average molecular weight is 207 g/mol. The molecule has 0 saturated carbocycles. The Morgan fingerprint density at radius 2 is 2.13 bits per heavy atom. The van der Waals surface area contributed by atoms with E-state index >= 15 is 0 Å².